The van der Waals surface area contributed by atoms with E-state index in [0.717, 1.165) is 51.5 Å². The van der Waals surface area contributed by atoms with E-state index in [9.17, 15) is 4.79 Å². The lowest BCUT2D eigenvalue weighted by Gasteiger charge is -2.37. The van der Waals surface area contributed by atoms with Crippen LogP contribution < -0.4 is 15.5 Å². The number of guanidine groups is 1. The molecule has 0 bridgehead atoms. The number of piperazine rings is 1. The van der Waals surface area contributed by atoms with Crippen LogP contribution in [0.15, 0.2) is 35.3 Å². The first-order valence-corrected chi connectivity index (χ1v) is 8.89. The number of benzene rings is 1. The van der Waals surface area contributed by atoms with Crippen molar-refractivity contribution in [3.8, 4) is 0 Å². The van der Waals surface area contributed by atoms with E-state index in [4.69, 9.17) is 0 Å². The van der Waals surface area contributed by atoms with Gasteiger partial charge in [-0.2, -0.15) is 0 Å². The predicted octanol–water partition coefficient (Wildman–Crippen LogP) is 1.67. The molecule has 1 aliphatic carbocycles. The van der Waals surface area contributed by atoms with Gasteiger partial charge in [0, 0.05) is 44.5 Å². The molecule has 1 aliphatic heterocycles. The molecule has 2 fully saturated rings. The fourth-order valence-corrected chi connectivity index (χ4v) is 2.89. The molecule has 3 rings (SSSR count). The summed E-state index contributed by atoms with van der Waals surface area (Å²) in [6, 6.07) is 10.9. The van der Waals surface area contributed by atoms with Crippen LogP contribution in [0.5, 0.6) is 0 Å². The summed E-state index contributed by atoms with van der Waals surface area (Å²) in [7, 11) is 0. The van der Waals surface area contributed by atoms with Crippen molar-refractivity contribution in [1.29, 1.82) is 0 Å². The van der Waals surface area contributed by atoms with Crippen molar-refractivity contribution in [2.24, 2.45) is 4.99 Å². The van der Waals surface area contributed by atoms with Crippen molar-refractivity contribution in [2.75, 3.05) is 44.2 Å². The van der Waals surface area contributed by atoms with Gasteiger partial charge < -0.3 is 20.4 Å². The topological polar surface area (TPSA) is 60.0 Å². The third-order valence-corrected chi connectivity index (χ3v) is 4.35. The van der Waals surface area contributed by atoms with Gasteiger partial charge >= 0.3 is 0 Å². The third kappa shape index (κ3) is 6.05. The fourth-order valence-electron chi connectivity index (χ4n) is 2.89. The molecule has 0 atom stereocenters. The molecule has 1 heterocycles. The molecular weight excluding hydrogens is 429 g/mol. The number of halogens is 1. The number of amides is 1. The molecule has 2 N–H and O–H groups in total. The molecule has 0 unspecified atom stereocenters. The van der Waals surface area contributed by atoms with Gasteiger partial charge in [0.05, 0.1) is 0 Å². The first kappa shape index (κ1) is 19.8. The fraction of sp³-hybridized carbons (Fsp3) is 0.556. The summed E-state index contributed by atoms with van der Waals surface area (Å²) >= 11 is 0. The van der Waals surface area contributed by atoms with E-state index in [-0.39, 0.29) is 36.4 Å². The van der Waals surface area contributed by atoms with Crippen molar-refractivity contribution in [3.05, 3.63) is 30.3 Å². The van der Waals surface area contributed by atoms with Crippen molar-refractivity contribution >= 4 is 41.5 Å². The summed E-state index contributed by atoms with van der Waals surface area (Å²) < 4.78 is 0. The lowest BCUT2D eigenvalue weighted by Crippen LogP contribution is -2.52. The third-order valence-electron chi connectivity index (χ3n) is 4.35. The van der Waals surface area contributed by atoms with E-state index in [1.54, 1.807) is 0 Å². The molecule has 1 aromatic carbocycles. The number of rotatable bonds is 5. The largest absolute Gasteiger partial charge is 0.368 e. The molecule has 2 aliphatic rings. The van der Waals surface area contributed by atoms with Gasteiger partial charge in [-0.25, -0.2) is 4.99 Å². The molecule has 6 nitrogen and oxygen atoms in total. The van der Waals surface area contributed by atoms with E-state index in [1.807, 2.05) is 6.07 Å². The molecule has 1 aromatic rings. The van der Waals surface area contributed by atoms with Crippen molar-refractivity contribution in [3.63, 3.8) is 0 Å². The van der Waals surface area contributed by atoms with Gasteiger partial charge in [-0.1, -0.05) is 18.2 Å². The van der Waals surface area contributed by atoms with Crippen LogP contribution in [-0.4, -0.2) is 62.1 Å². The van der Waals surface area contributed by atoms with Crippen molar-refractivity contribution < 1.29 is 4.79 Å². The van der Waals surface area contributed by atoms with Gasteiger partial charge in [0.25, 0.3) is 0 Å². The van der Waals surface area contributed by atoms with Crippen LogP contribution in [0.25, 0.3) is 0 Å². The van der Waals surface area contributed by atoms with Crippen LogP contribution in [0.3, 0.4) is 0 Å². The second kappa shape index (κ2) is 9.84. The highest BCUT2D eigenvalue weighted by molar-refractivity contribution is 14.0. The summed E-state index contributed by atoms with van der Waals surface area (Å²) in [5.41, 5.74) is 1.27. The van der Waals surface area contributed by atoms with Crippen molar-refractivity contribution in [2.45, 2.75) is 25.8 Å². The average molecular weight is 457 g/mol. The summed E-state index contributed by atoms with van der Waals surface area (Å²) in [6.45, 7) is 6.81. The van der Waals surface area contributed by atoms with Crippen LogP contribution in [-0.2, 0) is 4.79 Å². The SMILES string of the molecule is CCNC(=NCC(=O)NC1CC1)N1CCN(c2ccccc2)CC1.I. The number of carbonyl (C=O) groups excluding carboxylic acids is 1. The minimum atomic E-state index is 0. The average Bonchev–Trinajstić information content (AvgIpc) is 3.43. The zero-order valence-electron chi connectivity index (χ0n) is 14.8. The van der Waals surface area contributed by atoms with Crippen LogP contribution in [0.1, 0.15) is 19.8 Å². The van der Waals surface area contributed by atoms with Gasteiger partial charge in [0.15, 0.2) is 5.96 Å². The smallest absolute Gasteiger partial charge is 0.242 e. The van der Waals surface area contributed by atoms with E-state index in [2.05, 4.69) is 56.6 Å². The lowest BCUT2D eigenvalue weighted by molar-refractivity contribution is -0.119. The predicted molar refractivity (Wildman–Crippen MR) is 113 cm³/mol. The number of aliphatic imine (C=N–C) groups is 1. The Labute approximate surface area is 167 Å². The first-order valence-electron chi connectivity index (χ1n) is 8.89. The first-order chi connectivity index (χ1) is 11.8. The molecule has 1 saturated carbocycles. The normalized spacial score (nSPS) is 17.7. The Bertz CT molecular complexity index is 568. The second-order valence-electron chi connectivity index (χ2n) is 6.32. The molecule has 1 saturated heterocycles. The van der Waals surface area contributed by atoms with Crippen LogP contribution in [0.2, 0.25) is 0 Å². The Kier molecular flexibility index (Phi) is 7.80. The second-order valence-corrected chi connectivity index (χ2v) is 6.32. The molecule has 138 valence electrons. The number of hydrogen-bond donors (Lipinski definition) is 2. The summed E-state index contributed by atoms with van der Waals surface area (Å²) in [5, 5.41) is 6.29. The van der Waals surface area contributed by atoms with Gasteiger partial charge in [-0.15, -0.1) is 24.0 Å². The molecule has 1 amide bonds. The van der Waals surface area contributed by atoms with Gasteiger partial charge in [-0.05, 0) is 31.9 Å². The number of nitrogens with zero attached hydrogens (tertiary/aromatic N) is 3. The molecular formula is C18H28IN5O. The highest BCUT2D eigenvalue weighted by Gasteiger charge is 2.23. The Morgan fingerprint density at radius 3 is 2.44 bits per heavy atom. The van der Waals surface area contributed by atoms with E-state index < -0.39 is 0 Å². The van der Waals surface area contributed by atoms with Gasteiger partial charge in [-0.3, -0.25) is 4.79 Å². The minimum absolute atomic E-state index is 0. The maximum atomic E-state index is 11.8. The number of nitrogens with one attached hydrogen (secondary N) is 2. The molecule has 0 spiro atoms. The Morgan fingerprint density at radius 1 is 1.16 bits per heavy atom. The standard InChI is InChI=1S/C18H27N5O.HI/c1-2-19-18(20-14-17(24)21-15-8-9-15)23-12-10-22(11-13-23)16-6-4-3-5-7-16;/h3-7,15H,2,8-14H2,1H3,(H,19,20)(H,21,24);1H. The number of para-hydroxylation sites is 1. The van der Waals surface area contributed by atoms with Crippen LogP contribution in [0.4, 0.5) is 5.69 Å². The van der Waals surface area contributed by atoms with E-state index in [0.29, 0.717) is 6.04 Å². The minimum Gasteiger partial charge on any atom is -0.368 e. The Balaban J connectivity index is 0.00000225. The van der Waals surface area contributed by atoms with Gasteiger partial charge in [0.1, 0.15) is 6.54 Å². The maximum absolute atomic E-state index is 11.8. The number of carbonyl (C=O) groups is 1. The number of anilines is 1. The zero-order valence-corrected chi connectivity index (χ0v) is 17.1. The summed E-state index contributed by atoms with van der Waals surface area (Å²) in [5.74, 6) is 0.868. The van der Waals surface area contributed by atoms with E-state index >= 15 is 0 Å². The monoisotopic (exact) mass is 457 g/mol. The Morgan fingerprint density at radius 2 is 1.84 bits per heavy atom. The molecule has 7 heteroatoms. The van der Waals surface area contributed by atoms with Crippen LogP contribution >= 0.6 is 24.0 Å². The zero-order chi connectivity index (χ0) is 16.8. The molecule has 25 heavy (non-hydrogen) atoms. The quantitative estimate of drug-likeness (QED) is 0.402. The lowest BCUT2D eigenvalue weighted by atomic mass is 10.2. The Hall–Kier alpha value is -1.51. The highest BCUT2D eigenvalue weighted by atomic mass is 127. The molecule has 0 aromatic heterocycles. The summed E-state index contributed by atoms with van der Waals surface area (Å²) in [6.07, 6.45) is 2.22. The van der Waals surface area contributed by atoms with Crippen LogP contribution in [0, 0.1) is 0 Å². The summed E-state index contributed by atoms with van der Waals surface area (Å²) in [4.78, 5) is 21.0. The van der Waals surface area contributed by atoms with Crippen molar-refractivity contribution in [1.82, 2.24) is 15.5 Å². The molecule has 0 radical (unpaired) electrons. The maximum Gasteiger partial charge on any atom is 0.242 e. The number of hydrogen-bond acceptors (Lipinski definition) is 3. The highest BCUT2D eigenvalue weighted by Crippen LogP contribution is 2.18. The van der Waals surface area contributed by atoms with Gasteiger partial charge in [0.2, 0.25) is 5.91 Å². The van der Waals surface area contributed by atoms with E-state index in [1.165, 1.54) is 5.69 Å².